The summed E-state index contributed by atoms with van der Waals surface area (Å²) < 4.78 is 15.5. The monoisotopic (exact) mass is 281 g/mol. The number of esters is 1. The number of hydrogen-bond donors (Lipinski definition) is 1. The minimum Gasteiger partial charge on any atom is -0.494 e. The molecule has 0 bridgehead atoms. The maximum Gasteiger partial charge on any atom is 0.327 e. The second kappa shape index (κ2) is 9.34. The molecule has 20 heavy (non-hydrogen) atoms. The third kappa shape index (κ3) is 5.19. The van der Waals surface area contributed by atoms with Gasteiger partial charge in [0, 0.05) is 13.7 Å². The van der Waals surface area contributed by atoms with Crippen molar-refractivity contribution in [2.24, 2.45) is 0 Å². The molecule has 0 aliphatic carbocycles. The molecular weight excluding hydrogens is 258 g/mol. The van der Waals surface area contributed by atoms with Gasteiger partial charge in [0.15, 0.2) is 0 Å². The number of ether oxygens (including phenoxy) is 3. The zero-order valence-corrected chi connectivity index (χ0v) is 12.3. The van der Waals surface area contributed by atoms with Crippen LogP contribution in [-0.2, 0) is 14.3 Å². The topological polar surface area (TPSA) is 56.8 Å². The predicted molar refractivity (Wildman–Crippen MR) is 76.9 cm³/mol. The van der Waals surface area contributed by atoms with E-state index < -0.39 is 6.04 Å². The third-order valence-corrected chi connectivity index (χ3v) is 2.70. The second-order valence-corrected chi connectivity index (χ2v) is 4.13. The van der Waals surface area contributed by atoms with Crippen LogP contribution < -0.4 is 10.1 Å². The molecule has 1 unspecified atom stereocenters. The van der Waals surface area contributed by atoms with Crippen molar-refractivity contribution in [1.82, 2.24) is 5.32 Å². The number of hydrogen-bond acceptors (Lipinski definition) is 5. The fourth-order valence-corrected chi connectivity index (χ4v) is 1.79. The summed E-state index contributed by atoms with van der Waals surface area (Å²) in [6.45, 7) is 5.81. The van der Waals surface area contributed by atoms with Gasteiger partial charge in [-0.25, -0.2) is 4.79 Å². The van der Waals surface area contributed by atoms with Crippen LogP contribution in [0.3, 0.4) is 0 Å². The van der Waals surface area contributed by atoms with Gasteiger partial charge in [-0.05, 0) is 31.5 Å². The zero-order chi connectivity index (χ0) is 14.8. The Balaban J connectivity index is 2.76. The van der Waals surface area contributed by atoms with Crippen molar-refractivity contribution in [2.75, 3.05) is 33.5 Å². The van der Waals surface area contributed by atoms with E-state index in [1.165, 1.54) is 0 Å². The Kier molecular flexibility index (Phi) is 7.69. The summed E-state index contributed by atoms with van der Waals surface area (Å²) in [5, 5.41) is 3.13. The molecule has 112 valence electrons. The van der Waals surface area contributed by atoms with Crippen molar-refractivity contribution in [3.8, 4) is 5.75 Å². The average Bonchev–Trinajstić information content (AvgIpc) is 2.45. The first-order chi connectivity index (χ1) is 9.72. The van der Waals surface area contributed by atoms with Gasteiger partial charge in [-0.3, -0.25) is 5.32 Å². The van der Waals surface area contributed by atoms with Crippen LogP contribution in [0.2, 0.25) is 0 Å². The molecule has 0 saturated heterocycles. The van der Waals surface area contributed by atoms with Crippen LogP contribution in [0.25, 0.3) is 0 Å². The number of carbonyl (C=O) groups is 1. The fraction of sp³-hybridized carbons (Fsp3) is 0.533. The number of benzene rings is 1. The van der Waals surface area contributed by atoms with Crippen molar-refractivity contribution in [3.63, 3.8) is 0 Å². The molecule has 0 amide bonds. The lowest BCUT2D eigenvalue weighted by Crippen LogP contribution is -2.32. The average molecular weight is 281 g/mol. The quantitative estimate of drug-likeness (QED) is 0.553. The Morgan fingerprint density at radius 2 is 1.90 bits per heavy atom. The van der Waals surface area contributed by atoms with Crippen LogP contribution in [0.15, 0.2) is 24.3 Å². The number of rotatable bonds is 9. The Hall–Kier alpha value is -1.59. The van der Waals surface area contributed by atoms with Gasteiger partial charge < -0.3 is 14.2 Å². The van der Waals surface area contributed by atoms with Crippen molar-refractivity contribution >= 4 is 5.97 Å². The van der Waals surface area contributed by atoms with Crippen LogP contribution >= 0.6 is 0 Å². The summed E-state index contributed by atoms with van der Waals surface area (Å²) in [6, 6.07) is 6.95. The minimum atomic E-state index is -0.485. The molecule has 0 saturated carbocycles. The summed E-state index contributed by atoms with van der Waals surface area (Å²) in [7, 11) is 1.62. The number of methoxy groups -OCH3 is 1. The lowest BCUT2D eigenvalue weighted by Gasteiger charge is -2.18. The molecule has 0 heterocycles. The molecule has 0 aromatic heterocycles. The van der Waals surface area contributed by atoms with Crippen LogP contribution in [0, 0.1) is 0 Å². The molecule has 1 N–H and O–H groups in total. The molecule has 0 aliphatic rings. The number of nitrogens with one attached hydrogen (secondary N) is 1. The van der Waals surface area contributed by atoms with Crippen LogP contribution in [0.5, 0.6) is 5.75 Å². The first-order valence-corrected chi connectivity index (χ1v) is 6.84. The van der Waals surface area contributed by atoms with Gasteiger partial charge in [0.1, 0.15) is 11.8 Å². The van der Waals surface area contributed by atoms with Gasteiger partial charge in [0.2, 0.25) is 0 Å². The maximum absolute atomic E-state index is 12.0. The van der Waals surface area contributed by atoms with E-state index in [0.29, 0.717) is 26.4 Å². The van der Waals surface area contributed by atoms with Crippen molar-refractivity contribution in [3.05, 3.63) is 29.8 Å². The SMILES string of the molecule is CCOC(=O)C(NCCOC)c1ccc(OCC)cc1. The van der Waals surface area contributed by atoms with E-state index in [0.717, 1.165) is 11.3 Å². The Morgan fingerprint density at radius 1 is 1.20 bits per heavy atom. The van der Waals surface area contributed by atoms with Crippen LogP contribution in [0.1, 0.15) is 25.5 Å². The predicted octanol–water partition coefficient (Wildman–Crippen LogP) is 1.93. The van der Waals surface area contributed by atoms with Gasteiger partial charge in [-0.2, -0.15) is 0 Å². The van der Waals surface area contributed by atoms with Crippen molar-refractivity contribution < 1.29 is 19.0 Å². The van der Waals surface area contributed by atoms with Crippen LogP contribution in [0.4, 0.5) is 0 Å². The summed E-state index contributed by atoms with van der Waals surface area (Å²) in [4.78, 5) is 12.0. The van der Waals surface area contributed by atoms with Crippen molar-refractivity contribution in [2.45, 2.75) is 19.9 Å². The highest BCUT2D eigenvalue weighted by Gasteiger charge is 2.21. The first-order valence-electron chi connectivity index (χ1n) is 6.84. The first kappa shape index (κ1) is 16.5. The Morgan fingerprint density at radius 3 is 2.45 bits per heavy atom. The highest BCUT2D eigenvalue weighted by atomic mass is 16.5. The van der Waals surface area contributed by atoms with E-state index in [1.807, 2.05) is 31.2 Å². The van der Waals surface area contributed by atoms with E-state index in [9.17, 15) is 4.79 Å². The van der Waals surface area contributed by atoms with Crippen molar-refractivity contribution in [1.29, 1.82) is 0 Å². The van der Waals surface area contributed by atoms with Gasteiger partial charge in [0.05, 0.1) is 19.8 Å². The molecule has 0 aliphatic heterocycles. The summed E-state index contributed by atoms with van der Waals surface area (Å²) in [6.07, 6.45) is 0. The maximum atomic E-state index is 12.0. The summed E-state index contributed by atoms with van der Waals surface area (Å²) >= 11 is 0. The second-order valence-electron chi connectivity index (χ2n) is 4.13. The van der Waals surface area contributed by atoms with Crippen LogP contribution in [-0.4, -0.2) is 39.4 Å². The van der Waals surface area contributed by atoms with E-state index in [1.54, 1.807) is 14.0 Å². The van der Waals surface area contributed by atoms with Gasteiger partial charge >= 0.3 is 5.97 Å². The van der Waals surface area contributed by atoms with Gasteiger partial charge in [-0.1, -0.05) is 12.1 Å². The molecule has 1 atom stereocenters. The van der Waals surface area contributed by atoms with E-state index in [4.69, 9.17) is 14.2 Å². The minimum absolute atomic E-state index is 0.284. The van der Waals surface area contributed by atoms with E-state index in [-0.39, 0.29) is 5.97 Å². The van der Waals surface area contributed by atoms with E-state index in [2.05, 4.69) is 5.32 Å². The molecule has 5 nitrogen and oxygen atoms in total. The normalized spacial score (nSPS) is 11.9. The lowest BCUT2D eigenvalue weighted by atomic mass is 10.1. The molecule has 0 radical (unpaired) electrons. The highest BCUT2D eigenvalue weighted by molar-refractivity contribution is 5.77. The molecule has 1 rings (SSSR count). The van der Waals surface area contributed by atoms with Gasteiger partial charge in [-0.15, -0.1) is 0 Å². The van der Waals surface area contributed by atoms with E-state index >= 15 is 0 Å². The lowest BCUT2D eigenvalue weighted by molar-refractivity contribution is -0.145. The zero-order valence-electron chi connectivity index (χ0n) is 12.3. The summed E-state index contributed by atoms with van der Waals surface area (Å²) in [5.41, 5.74) is 0.850. The fourth-order valence-electron chi connectivity index (χ4n) is 1.79. The number of carbonyl (C=O) groups excluding carboxylic acids is 1. The molecule has 0 fully saturated rings. The third-order valence-electron chi connectivity index (χ3n) is 2.70. The highest BCUT2D eigenvalue weighted by Crippen LogP contribution is 2.19. The molecular formula is C15H23NO4. The Labute approximate surface area is 120 Å². The molecule has 0 spiro atoms. The molecule has 1 aromatic carbocycles. The van der Waals surface area contributed by atoms with Gasteiger partial charge in [0.25, 0.3) is 0 Å². The smallest absolute Gasteiger partial charge is 0.327 e. The summed E-state index contributed by atoms with van der Waals surface area (Å²) in [5.74, 6) is 0.503. The standard InChI is InChI=1S/C15H23NO4/c1-4-19-13-8-6-12(7-9-13)14(15(17)20-5-2)16-10-11-18-3/h6-9,14,16H,4-5,10-11H2,1-3H3. The molecule has 1 aromatic rings. The largest absolute Gasteiger partial charge is 0.494 e. The Bertz CT molecular complexity index is 391. The molecule has 5 heteroatoms.